The maximum absolute atomic E-state index is 11.9. The number of aryl methyl sites for hydroxylation is 1. The normalized spacial score (nSPS) is 16.7. The minimum absolute atomic E-state index is 0.219. The predicted octanol–water partition coefficient (Wildman–Crippen LogP) is 4.09. The van der Waals surface area contributed by atoms with E-state index in [-0.39, 0.29) is 5.97 Å². The van der Waals surface area contributed by atoms with Crippen molar-refractivity contribution in [3.8, 4) is 0 Å². The minimum atomic E-state index is -0.219. The van der Waals surface area contributed by atoms with Crippen LogP contribution in [0.15, 0.2) is 6.07 Å². The molecule has 1 saturated carbocycles. The number of aromatic nitrogens is 2. The molecule has 0 aromatic carbocycles. The summed E-state index contributed by atoms with van der Waals surface area (Å²) in [6, 6.07) is 2.42. The average molecular weight is 292 g/mol. The first-order valence-corrected chi connectivity index (χ1v) is 8.18. The topological polar surface area (TPSA) is 44.1 Å². The number of carbonyl (C=O) groups excluding carboxylic acids is 1. The fraction of sp³-hybridized carbons (Fsp3) is 0.600. The Labute approximate surface area is 122 Å². The van der Waals surface area contributed by atoms with Crippen LogP contribution in [-0.4, -0.2) is 22.4 Å². The summed E-state index contributed by atoms with van der Waals surface area (Å²) < 4.78 is 7.24. The lowest BCUT2D eigenvalue weighted by Gasteiger charge is -2.22. The van der Waals surface area contributed by atoms with Crippen molar-refractivity contribution in [2.24, 2.45) is 0 Å². The molecule has 0 saturated heterocycles. The highest BCUT2D eigenvalue weighted by Crippen LogP contribution is 2.35. The molecule has 0 amide bonds. The van der Waals surface area contributed by atoms with Crippen LogP contribution in [0, 0.1) is 6.92 Å². The van der Waals surface area contributed by atoms with Gasteiger partial charge in [-0.1, -0.05) is 19.3 Å². The van der Waals surface area contributed by atoms with Crippen LogP contribution in [0.2, 0.25) is 0 Å². The zero-order chi connectivity index (χ0) is 14.1. The van der Waals surface area contributed by atoms with Gasteiger partial charge in [0, 0.05) is 5.39 Å². The van der Waals surface area contributed by atoms with Gasteiger partial charge in [-0.2, -0.15) is 5.10 Å². The summed E-state index contributed by atoms with van der Waals surface area (Å²) in [5, 5.41) is 5.80. The molecule has 1 aliphatic rings. The van der Waals surface area contributed by atoms with E-state index >= 15 is 0 Å². The molecular formula is C15H20N2O2S. The zero-order valence-electron chi connectivity index (χ0n) is 12.0. The molecule has 0 spiro atoms. The van der Waals surface area contributed by atoms with Crippen molar-refractivity contribution in [2.45, 2.75) is 52.0 Å². The van der Waals surface area contributed by atoms with Gasteiger partial charge in [0.15, 0.2) is 0 Å². The van der Waals surface area contributed by atoms with E-state index in [0.29, 0.717) is 17.5 Å². The molecule has 1 fully saturated rings. The van der Waals surface area contributed by atoms with Gasteiger partial charge < -0.3 is 4.74 Å². The Bertz CT molecular complexity index is 623. The third kappa shape index (κ3) is 2.35. The van der Waals surface area contributed by atoms with Crippen molar-refractivity contribution in [2.75, 3.05) is 6.61 Å². The highest BCUT2D eigenvalue weighted by Gasteiger charge is 2.22. The van der Waals surface area contributed by atoms with Crippen LogP contribution in [0.1, 0.15) is 60.4 Å². The highest BCUT2D eigenvalue weighted by molar-refractivity contribution is 7.20. The molecule has 2 heterocycles. The molecule has 2 aromatic heterocycles. The molecule has 2 aromatic rings. The van der Waals surface area contributed by atoms with E-state index in [1.165, 1.54) is 43.4 Å². The number of hydrogen-bond acceptors (Lipinski definition) is 4. The largest absolute Gasteiger partial charge is 0.462 e. The molecule has 108 valence electrons. The van der Waals surface area contributed by atoms with E-state index in [1.807, 2.05) is 19.9 Å². The number of ether oxygens (including phenoxy) is 1. The number of thiophene rings is 1. The van der Waals surface area contributed by atoms with Crippen LogP contribution in [0.4, 0.5) is 0 Å². The summed E-state index contributed by atoms with van der Waals surface area (Å²) in [7, 11) is 0. The van der Waals surface area contributed by atoms with Gasteiger partial charge in [0.2, 0.25) is 0 Å². The Hall–Kier alpha value is -1.36. The van der Waals surface area contributed by atoms with Gasteiger partial charge in [-0.3, -0.25) is 4.68 Å². The summed E-state index contributed by atoms with van der Waals surface area (Å²) >= 11 is 1.51. The molecule has 3 rings (SSSR count). The van der Waals surface area contributed by atoms with Gasteiger partial charge >= 0.3 is 5.97 Å². The monoisotopic (exact) mass is 292 g/mol. The van der Waals surface area contributed by atoms with Gasteiger partial charge in [-0.05, 0) is 32.8 Å². The lowest BCUT2D eigenvalue weighted by atomic mass is 9.96. The van der Waals surface area contributed by atoms with Crippen LogP contribution < -0.4 is 0 Å². The summed E-state index contributed by atoms with van der Waals surface area (Å²) in [6.07, 6.45) is 6.28. The van der Waals surface area contributed by atoms with Crippen molar-refractivity contribution >= 4 is 27.5 Å². The molecular weight excluding hydrogens is 272 g/mol. The summed E-state index contributed by atoms with van der Waals surface area (Å²) in [5.74, 6) is -0.219. The Morgan fingerprint density at radius 1 is 1.45 bits per heavy atom. The average Bonchev–Trinajstić information content (AvgIpc) is 3.01. The van der Waals surface area contributed by atoms with Crippen molar-refractivity contribution < 1.29 is 9.53 Å². The summed E-state index contributed by atoms with van der Waals surface area (Å²) in [4.78, 5) is 13.7. The molecule has 0 atom stereocenters. The summed E-state index contributed by atoms with van der Waals surface area (Å²) in [5.41, 5.74) is 1.01. The van der Waals surface area contributed by atoms with Crippen molar-refractivity contribution in [1.29, 1.82) is 0 Å². The SMILES string of the molecule is CCOC(=O)c1cc2c(C)nn(C3CCCCC3)c2s1. The fourth-order valence-electron chi connectivity index (χ4n) is 2.95. The first-order valence-electron chi connectivity index (χ1n) is 7.36. The second kappa shape index (κ2) is 5.56. The fourth-order valence-corrected chi connectivity index (χ4v) is 4.07. The number of carbonyl (C=O) groups is 1. The minimum Gasteiger partial charge on any atom is -0.462 e. The highest BCUT2D eigenvalue weighted by atomic mass is 32.1. The maximum atomic E-state index is 11.9. The molecule has 4 nitrogen and oxygen atoms in total. The standard InChI is InChI=1S/C15H20N2O2S/c1-3-19-15(18)13-9-12-10(2)16-17(14(12)20-13)11-7-5-4-6-8-11/h9,11H,3-8H2,1-2H3. The van der Waals surface area contributed by atoms with Crippen molar-refractivity contribution in [3.63, 3.8) is 0 Å². The molecule has 0 aliphatic heterocycles. The molecule has 5 heteroatoms. The van der Waals surface area contributed by atoms with Gasteiger partial charge in [0.25, 0.3) is 0 Å². The third-order valence-electron chi connectivity index (χ3n) is 3.97. The van der Waals surface area contributed by atoms with Crippen molar-refractivity contribution in [1.82, 2.24) is 9.78 Å². The van der Waals surface area contributed by atoms with Gasteiger partial charge in [-0.15, -0.1) is 11.3 Å². The molecule has 0 radical (unpaired) electrons. The van der Waals surface area contributed by atoms with Gasteiger partial charge in [-0.25, -0.2) is 4.79 Å². The summed E-state index contributed by atoms with van der Waals surface area (Å²) in [6.45, 7) is 4.27. The van der Waals surface area contributed by atoms with E-state index in [1.54, 1.807) is 0 Å². The van der Waals surface area contributed by atoms with E-state index in [2.05, 4.69) is 4.68 Å². The quantitative estimate of drug-likeness (QED) is 0.800. The maximum Gasteiger partial charge on any atom is 0.348 e. The first-order chi connectivity index (χ1) is 9.70. The second-order valence-electron chi connectivity index (χ2n) is 5.37. The molecule has 0 unspecified atom stereocenters. The first kappa shape index (κ1) is 13.6. The number of esters is 1. The number of nitrogens with zero attached hydrogens (tertiary/aromatic N) is 2. The van der Waals surface area contributed by atoms with Crippen LogP contribution in [0.5, 0.6) is 0 Å². The van der Waals surface area contributed by atoms with Crippen LogP contribution in [0.25, 0.3) is 10.2 Å². The van der Waals surface area contributed by atoms with E-state index in [9.17, 15) is 4.79 Å². The number of rotatable bonds is 3. The predicted molar refractivity (Wildman–Crippen MR) is 80.4 cm³/mol. The molecule has 20 heavy (non-hydrogen) atoms. The third-order valence-corrected chi connectivity index (χ3v) is 5.07. The Morgan fingerprint density at radius 2 is 2.20 bits per heavy atom. The molecule has 0 N–H and O–H groups in total. The lowest BCUT2D eigenvalue weighted by molar-refractivity contribution is 0.0532. The van der Waals surface area contributed by atoms with Crippen LogP contribution >= 0.6 is 11.3 Å². The van der Waals surface area contributed by atoms with E-state index < -0.39 is 0 Å². The van der Waals surface area contributed by atoms with Crippen LogP contribution in [0.3, 0.4) is 0 Å². The zero-order valence-corrected chi connectivity index (χ0v) is 12.8. The number of hydrogen-bond donors (Lipinski definition) is 0. The smallest absolute Gasteiger partial charge is 0.348 e. The van der Waals surface area contributed by atoms with E-state index in [0.717, 1.165) is 15.9 Å². The van der Waals surface area contributed by atoms with Crippen LogP contribution in [-0.2, 0) is 4.74 Å². The Kier molecular flexibility index (Phi) is 3.78. The van der Waals surface area contributed by atoms with E-state index in [4.69, 9.17) is 9.84 Å². The lowest BCUT2D eigenvalue weighted by Crippen LogP contribution is -2.13. The van der Waals surface area contributed by atoms with Gasteiger partial charge in [0.05, 0.1) is 18.3 Å². The molecule has 0 bridgehead atoms. The number of fused-ring (bicyclic) bond motifs is 1. The molecule has 1 aliphatic carbocycles. The van der Waals surface area contributed by atoms with Crippen molar-refractivity contribution in [3.05, 3.63) is 16.6 Å². The Balaban J connectivity index is 1.98. The second-order valence-corrected chi connectivity index (χ2v) is 6.40. The van der Waals surface area contributed by atoms with Gasteiger partial charge in [0.1, 0.15) is 9.71 Å². The Morgan fingerprint density at radius 3 is 2.90 bits per heavy atom.